The molecule has 2 aliphatic rings. The van der Waals surface area contributed by atoms with Crippen LogP contribution in [0.5, 0.6) is 0 Å². The standard InChI is InChI=1S/C13H24N2O3/c1-13(9-18-10-13)8-14-12(16)15(2)6-11-4-3-5-17-7-11/h11H,3-10H2,1-2H3,(H,14,16)/t11-/m0/s1. The van der Waals surface area contributed by atoms with Gasteiger partial charge in [0.1, 0.15) is 0 Å². The second-order valence-electron chi connectivity index (χ2n) is 5.93. The van der Waals surface area contributed by atoms with Crippen LogP contribution in [0.3, 0.4) is 0 Å². The number of carbonyl (C=O) groups excluding carboxylic acids is 1. The number of urea groups is 1. The summed E-state index contributed by atoms with van der Waals surface area (Å²) in [5.74, 6) is 0.483. The average molecular weight is 256 g/mol. The highest BCUT2D eigenvalue weighted by atomic mass is 16.5. The Balaban J connectivity index is 1.67. The van der Waals surface area contributed by atoms with Crippen LogP contribution in [0.25, 0.3) is 0 Å². The molecule has 0 saturated carbocycles. The number of carbonyl (C=O) groups is 1. The van der Waals surface area contributed by atoms with Crippen molar-refractivity contribution in [3.05, 3.63) is 0 Å². The second kappa shape index (κ2) is 5.89. The highest BCUT2D eigenvalue weighted by Crippen LogP contribution is 2.25. The van der Waals surface area contributed by atoms with E-state index in [1.807, 2.05) is 7.05 Å². The molecule has 1 atom stereocenters. The summed E-state index contributed by atoms with van der Waals surface area (Å²) in [5, 5.41) is 2.98. The van der Waals surface area contributed by atoms with Gasteiger partial charge in [-0.15, -0.1) is 0 Å². The fourth-order valence-electron chi connectivity index (χ4n) is 2.40. The Labute approximate surface area is 109 Å². The maximum absolute atomic E-state index is 11.9. The molecule has 0 spiro atoms. The number of rotatable bonds is 4. The molecule has 2 aliphatic heterocycles. The van der Waals surface area contributed by atoms with Crippen LogP contribution in [0.4, 0.5) is 4.79 Å². The minimum absolute atomic E-state index is 0.00805. The topological polar surface area (TPSA) is 50.8 Å². The molecule has 0 unspecified atom stereocenters. The van der Waals surface area contributed by atoms with Crippen LogP contribution in [-0.2, 0) is 9.47 Å². The third kappa shape index (κ3) is 3.59. The third-order valence-corrected chi connectivity index (χ3v) is 3.70. The minimum atomic E-state index is 0.00805. The van der Waals surface area contributed by atoms with Gasteiger partial charge in [-0.3, -0.25) is 0 Å². The van der Waals surface area contributed by atoms with Crippen molar-refractivity contribution < 1.29 is 14.3 Å². The summed E-state index contributed by atoms with van der Waals surface area (Å²) in [7, 11) is 1.85. The van der Waals surface area contributed by atoms with Crippen molar-refractivity contribution in [2.75, 3.05) is 46.6 Å². The molecule has 18 heavy (non-hydrogen) atoms. The fourth-order valence-corrected chi connectivity index (χ4v) is 2.40. The van der Waals surface area contributed by atoms with E-state index in [-0.39, 0.29) is 11.4 Å². The first-order valence-electron chi connectivity index (χ1n) is 6.73. The molecule has 1 N–H and O–H groups in total. The lowest BCUT2D eigenvalue weighted by Gasteiger charge is -2.38. The van der Waals surface area contributed by atoms with Gasteiger partial charge in [0.25, 0.3) is 0 Å². The van der Waals surface area contributed by atoms with Gasteiger partial charge < -0.3 is 19.7 Å². The van der Waals surface area contributed by atoms with Crippen molar-refractivity contribution in [2.45, 2.75) is 19.8 Å². The zero-order valence-corrected chi connectivity index (χ0v) is 11.4. The summed E-state index contributed by atoms with van der Waals surface area (Å²) in [6.07, 6.45) is 2.26. The molecule has 2 fully saturated rings. The smallest absolute Gasteiger partial charge is 0.317 e. The number of hydrogen-bond donors (Lipinski definition) is 1. The molecule has 0 radical (unpaired) electrons. The summed E-state index contributed by atoms with van der Waals surface area (Å²) in [5.41, 5.74) is 0.129. The van der Waals surface area contributed by atoms with Gasteiger partial charge in [0.05, 0.1) is 19.8 Å². The molecule has 2 amide bonds. The first-order chi connectivity index (χ1) is 8.59. The summed E-state index contributed by atoms with van der Waals surface area (Å²) in [6.45, 7) is 6.73. The highest BCUT2D eigenvalue weighted by molar-refractivity contribution is 5.73. The predicted octanol–water partition coefficient (Wildman–Crippen LogP) is 1.09. The van der Waals surface area contributed by atoms with Crippen LogP contribution in [0.15, 0.2) is 0 Å². The SMILES string of the molecule is CN(C[C@@H]1CCCOC1)C(=O)NCC1(C)COC1. The summed E-state index contributed by atoms with van der Waals surface area (Å²) in [4.78, 5) is 13.7. The van der Waals surface area contributed by atoms with E-state index in [9.17, 15) is 4.79 Å². The largest absolute Gasteiger partial charge is 0.381 e. The van der Waals surface area contributed by atoms with Gasteiger partial charge in [0.2, 0.25) is 0 Å². The Kier molecular flexibility index (Phi) is 4.45. The molecule has 0 aliphatic carbocycles. The van der Waals surface area contributed by atoms with Crippen LogP contribution in [0.2, 0.25) is 0 Å². The van der Waals surface area contributed by atoms with Gasteiger partial charge in [-0.05, 0) is 12.8 Å². The Hall–Kier alpha value is -0.810. The lowest BCUT2D eigenvalue weighted by molar-refractivity contribution is -0.0978. The van der Waals surface area contributed by atoms with Crippen molar-refractivity contribution >= 4 is 6.03 Å². The maximum Gasteiger partial charge on any atom is 0.317 e. The van der Waals surface area contributed by atoms with E-state index >= 15 is 0 Å². The Morgan fingerprint density at radius 2 is 2.22 bits per heavy atom. The normalized spacial score (nSPS) is 26.2. The van der Waals surface area contributed by atoms with E-state index in [2.05, 4.69) is 12.2 Å². The van der Waals surface area contributed by atoms with Crippen LogP contribution in [0.1, 0.15) is 19.8 Å². The van der Waals surface area contributed by atoms with E-state index in [1.165, 1.54) is 0 Å². The monoisotopic (exact) mass is 256 g/mol. The number of amides is 2. The maximum atomic E-state index is 11.9. The molecule has 104 valence electrons. The third-order valence-electron chi connectivity index (χ3n) is 3.70. The molecular formula is C13H24N2O3. The molecule has 0 aromatic heterocycles. The van der Waals surface area contributed by atoms with E-state index < -0.39 is 0 Å². The van der Waals surface area contributed by atoms with Gasteiger partial charge >= 0.3 is 6.03 Å². The van der Waals surface area contributed by atoms with Gasteiger partial charge in [0, 0.05) is 38.1 Å². The molecule has 5 nitrogen and oxygen atoms in total. The van der Waals surface area contributed by atoms with Crippen molar-refractivity contribution in [2.24, 2.45) is 11.3 Å². The average Bonchev–Trinajstić information content (AvgIpc) is 2.34. The summed E-state index contributed by atoms with van der Waals surface area (Å²) >= 11 is 0. The molecule has 5 heteroatoms. The molecule has 0 aromatic rings. The van der Waals surface area contributed by atoms with Crippen molar-refractivity contribution in [1.29, 1.82) is 0 Å². The zero-order chi connectivity index (χ0) is 13.0. The molecular weight excluding hydrogens is 232 g/mol. The van der Waals surface area contributed by atoms with E-state index in [0.29, 0.717) is 12.5 Å². The quantitative estimate of drug-likeness (QED) is 0.819. The number of nitrogens with one attached hydrogen (secondary N) is 1. The van der Waals surface area contributed by atoms with E-state index in [0.717, 1.165) is 45.8 Å². The predicted molar refractivity (Wildman–Crippen MR) is 68.5 cm³/mol. The Morgan fingerprint density at radius 3 is 2.78 bits per heavy atom. The van der Waals surface area contributed by atoms with Crippen LogP contribution < -0.4 is 5.32 Å². The highest BCUT2D eigenvalue weighted by Gasteiger charge is 2.33. The lowest BCUT2D eigenvalue weighted by atomic mass is 9.89. The van der Waals surface area contributed by atoms with Gasteiger partial charge in [-0.2, -0.15) is 0 Å². The van der Waals surface area contributed by atoms with Gasteiger partial charge in [-0.25, -0.2) is 4.79 Å². The lowest BCUT2D eigenvalue weighted by Crippen LogP contribution is -2.51. The van der Waals surface area contributed by atoms with Crippen molar-refractivity contribution in [3.63, 3.8) is 0 Å². The molecule has 2 rings (SSSR count). The first-order valence-corrected chi connectivity index (χ1v) is 6.73. The molecule has 2 saturated heterocycles. The number of nitrogens with zero attached hydrogens (tertiary/aromatic N) is 1. The van der Waals surface area contributed by atoms with Crippen LogP contribution in [0, 0.1) is 11.3 Å². The first kappa shape index (κ1) is 13.6. The number of hydrogen-bond acceptors (Lipinski definition) is 3. The summed E-state index contributed by atoms with van der Waals surface area (Å²) < 4.78 is 10.6. The number of ether oxygens (including phenoxy) is 2. The fraction of sp³-hybridized carbons (Fsp3) is 0.923. The van der Waals surface area contributed by atoms with Crippen molar-refractivity contribution in [3.8, 4) is 0 Å². The summed E-state index contributed by atoms with van der Waals surface area (Å²) in [6, 6.07) is 0.00805. The minimum Gasteiger partial charge on any atom is -0.381 e. The Morgan fingerprint density at radius 1 is 1.44 bits per heavy atom. The Bertz CT molecular complexity index is 286. The molecule has 0 aromatic carbocycles. The molecule has 2 heterocycles. The zero-order valence-electron chi connectivity index (χ0n) is 11.4. The van der Waals surface area contributed by atoms with Crippen LogP contribution in [-0.4, -0.2) is 57.5 Å². The van der Waals surface area contributed by atoms with Gasteiger partial charge in [0.15, 0.2) is 0 Å². The van der Waals surface area contributed by atoms with E-state index in [1.54, 1.807) is 4.90 Å². The van der Waals surface area contributed by atoms with Crippen LogP contribution >= 0.6 is 0 Å². The van der Waals surface area contributed by atoms with Gasteiger partial charge in [-0.1, -0.05) is 6.92 Å². The van der Waals surface area contributed by atoms with Crippen molar-refractivity contribution in [1.82, 2.24) is 10.2 Å². The van der Waals surface area contributed by atoms with E-state index in [4.69, 9.17) is 9.47 Å². The molecule has 0 bridgehead atoms. The second-order valence-corrected chi connectivity index (χ2v) is 5.93.